The lowest BCUT2D eigenvalue weighted by Crippen LogP contribution is -1.89. The number of rotatable bonds is 2. The fourth-order valence-electron chi connectivity index (χ4n) is 1.14. The Balaban J connectivity index is 2.34. The molecule has 0 atom stereocenters. The summed E-state index contributed by atoms with van der Waals surface area (Å²) >= 11 is 21.1. The number of benzene rings is 1. The second-order valence-electron chi connectivity index (χ2n) is 3.12. The second kappa shape index (κ2) is 5.44. The third kappa shape index (κ3) is 3.26. The fourth-order valence-corrected chi connectivity index (χ4v) is 2.12. The number of nitrogens with zero attached hydrogens (tertiary/aromatic N) is 1. The summed E-state index contributed by atoms with van der Waals surface area (Å²) < 4.78 is 6.27. The van der Waals surface area contributed by atoms with Crippen molar-refractivity contribution in [1.29, 1.82) is 0 Å². The molecule has 1 heterocycles. The van der Waals surface area contributed by atoms with Crippen molar-refractivity contribution < 1.29 is 4.74 Å². The molecule has 0 saturated carbocycles. The smallest absolute Gasteiger partial charge is 0.238 e. The van der Waals surface area contributed by atoms with Crippen LogP contribution in [0.15, 0.2) is 34.9 Å². The van der Waals surface area contributed by atoms with Crippen LogP contribution < -0.4 is 4.74 Å². The largest absolute Gasteiger partial charge is 0.436 e. The molecule has 17 heavy (non-hydrogen) atoms. The molecule has 2 rings (SSSR count). The zero-order chi connectivity index (χ0) is 12.4. The average molecular weight is 353 g/mol. The molecule has 0 aliphatic carbocycles. The van der Waals surface area contributed by atoms with E-state index in [2.05, 4.69) is 20.9 Å². The lowest BCUT2D eigenvalue weighted by molar-refractivity contribution is 0.463. The number of hydrogen-bond acceptors (Lipinski definition) is 2. The van der Waals surface area contributed by atoms with E-state index in [1.807, 2.05) is 0 Å². The van der Waals surface area contributed by atoms with Crippen molar-refractivity contribution >= 4 is 50.7 Å². The van der Waals surface area contributed by atoms with Crippen LogP contribution in [-0.4, -0.2) is 4.98 Å². The molecule has 0 N–H and O–H groups in total. The molecule has 0 fully saturated rings. The van der Waals surface area contributed by atoms with E-state index < -0.39 is 0 Å². The van der Waals surface area contributed by atoms with Crippen molar-refractivity contribution in [3.05, 3.63) is 50.0 Å². The van der Waals surface area contributed by atoms with Gasteiger partial charge in [-0.05, 0) is 34.1 Å². The van der Waals surface area contributed by atoms with Gasteiger partial charge in [-0.1, -0.05) is 34.8 Å². The van der Waals surface area contributed by atoms with Gasteiger partial charge in [0, 0.05) is 21.8 Å². The molecule has 2 aromatic rings. The van der Waals surface area contributed by atoms with Gasteiger partial charge in [-0.3, -0.25) is 0 Å². The van der Waals surface area contributed by atoms with Gasteiger partial charge in [0.15, 0.2) is 0 Å². The van der Waals surface area contributed by atoms with E-state index in [-0.39, 0.29) is 5.88 Å². The number of pyridine rings is 1. The number of halogens is 4. The highest BCUT2D eigenvalue weighted by Gasteiger charge is 2.09. The molecule has 6 heteroatoms. The summed E-state index contributed by atoms with van der Waals surface area (Å²) in [6, 6.07) is 6.60. The minimum absolute atomic E-state index is 0.277. The van der Waals surface area contributed by atoms with E-state index >= 15 is 0 Å². The first kappa shape index (κ1) is 13.0. The molecule has 88 valence electrons. The van der Waals surface area contributed by atoms with E-state index in [4.69, 9.17) is 39.5 Å². The second-order valence-corrected chi connectivity index (χ2v) is 5.28. The van der Waals surface area contributed by atoms with Crippen molar-refractivity contribution in [3.63, 3.8) is 0 Å². The summed E-state index contributed by atoms with van der Waals surface area (Å²) in [5.74, 6) is 0.690. The quantitative estimate of drug-likeness (QED) is 0.701. The van der Waals surface area contributed by atoms with Crippen molar-refractivity contribution in [2.75, 3.05) is 0 Å². The van der Waals surface area contributed by atoms with Gasteiger partial charge in [-0.25, -0.2) is 4.98 Å². The lowest BCUT2D eigenvalue weighted by Gasteiger charge is -2.08. The summed E-state index contributed by atoms with van der Waals surface area (Å²) in [4.78, 5) is 4.04. The van der Waals surface area contributed by atoms with Gasteiger partial charge in [0.25, 0.3) is 0 Å². The summed E-state index contributed by atoms with van der Waals surface area (Å²) in [5.41, 5.74) is 0. The first-order valence-electron chi connectivity index (χ1n) is 4.50. The molecule has 0 saturated heterocycles. The number of ether oxygens (including phenoxy) is 1. The molecule has 0 bridgehead atoms. The Morgan fingerprint density at radius 3 is 2.53 bits per heavy atom. The van der Waals surface area contributed by atoms with E-state index in [9.17, 15) is 0 Å². The summed E-state index contributed by atoms with van der Waals surface area (Å²) in [6.45, 7) is 0. The zero-order valence-corrected chi connectivity index (χ0v) is 12.1. The van der Waals surface area contributed by atoms with Gasteiger partial charge in [0.05, 0.1) is 5.02 Å². The third-order valence-corrected chi connectivity index (χ3v) is 3.13. The molecular formula is C11H5BrCl3NO. The van der Waals surface area contributed by atoms with Gasteiger partial charge in [-0.2, -0.15) is 0 Å². The van der Waals surface area contributed by atoms with Crippen LogP contribution in [0, 0.1) is 0 Å². The molecule has 1 aromatic heterocycles. The fraction of sp³-hybridized carbons (Fsp3) is 0. The van der Waals surface area contributed by atoms with Crippen LogP contribution in [-0.2, 0) is 0 Å². The van der Waals surface area contributed by atoms with Crippen LogP contribution >= 0.6 is 50.7 Å². The predicted molar refractivity (Wildman–Crippen MR) is 73.5 cm³/mol. The topological polar surface area (TPSA) is 22.1 Å². The molecule has 0 radical (unpaired) electrons. The van der Waals surface area contributed by atoms with Crippen molar-refractivity contribution in [1.82, 2.24) is 4.98 Å². The van der Waals surface area contributed by atoms with E-state index in [1.165, 1.54) is 0 Å². The highest BCUT2D eigenvalue weighted by atomic mass is 79.9. The standard InChI is InChI=1S/C11H5BrCl3NO/c12-6-3-9(15)11(16-5-6)17-10-4-7(13)1-2-8(10)14/h1-5H. The maximum atomic E-state index is 5.98. The molecular weight excluding hydrogens is 348 g/mol. The van der Waals surface area contributed by atoms with Crippen LogP contribution in [0.25, 0.3) is 0 Å². The molecule has 1 aromatic carbocycles. The number of aromatic nitrogens is 1. The summed E-state index contributed by atoms with van der Waals surface area (Å²) in [5, 5.41) is 1.35. The molecule has 0 spiro atoms. The van der Waals surface area contributed by atoms with Gasteiger partial charge >= 0.3 is 0 Å². The highest BCUT2D eigenvalue weighted by Crippen LogP contribution is 2.34. The van der Waals surface area contributed by atoms with Crippen LogP contribution in [0.1, 0.15) is 0 Å². The Morgan fingerprint density at radius 1 is 1.06 bits per heavy atom. The zero-order valence-electron chi connectivity index (χ0n) is 8.25. The van der Waals surface area contributed by atoms with Crippen molar-refractivity contribution in [3.8, 4) is 11.6 Å². The molecule has 0 aliphatic heterocycles. The van der Waals surface area contributed by atoms with Crippen LogP contribution in [0.2, 0.25) is 15.1 Å². The maximum absolute atomic E-state index is 5.98. The van der Waals surface area contributed by atoms with Gasteiger partial charge in [0.2, 0.25) is 5.88 Å². The normalized spacial score (nSPS) is 10.4. The van der Waals surface area contributed by atoms with Crippen LogP contribution in [0.4, 0.5) is 0 Å². The van der Waals surface area contributed by atoms with E-state index in [0.29, 0.717) is 20.8 Å². The van der Waals surface area contributed by atoms with Crippen molar-refractivity contribution in [2.45, 2.75) is 0 Å². The van der Waals surface area contributed by atoms with Gasteiger partial charge in [-0.15, -0.1) is 0 Å². The predicted octanol–water partition coefficient (Wildman–Crippen LogP) is 5.60. The molecule has 0 unspecified atom stereocenters. The molecule has 0 aliphatic rings. The van der Waals surface area contributed by atoms with E-state index in [0.717, 1.165) is 4.47 Å². The lowest BCUT2D eigenvalue weighted by atomic mass is 10.3. The highest BCUT2D eigenvalue weighted by molar-refractivity contribution is 9.10. The van der Waals surface area contributed by atoms with Gasteiger partial charge < -0.3 is 4.74 Å². The van der Waals surface area contributed by atoms with Gasteiger partial charge in [0.1, 0.15) is 10.8 Å². The molecule has 2 nitrogen and oxygen atoms in total. The van der Waals surface area contributed by atoms with Crippen molar-refractivity contribution in [2.24, 2.45) is 0 Å². The SMILES string of the molecule is Clc1ccc(Cl)c(Oc2ncc(Br)cc2Cl)c1. The van der Waals surface area contributed by atoms with E-state index in [1.54, 1.807) is 30.5 Å². The Kier molecular flexibility index (Phi) is 4.15. The number of hydrogen-bond donors (Lipinski definition) is 0. The molecule has 0 amide bonds. The Morgan fingerprint density at radius 2 is 1.82 bits per heavy atom. The Labute approximate surface area is 122 Å². The Hall–Kier alpha value is -0.480. The summed E-state index contributed by atoms with van der Waals surface area (Å²) in [7, 11) is 0. The minimum atomic E-state index is 0.277. The minimum Gasteiger partial charge on any atom is -0.436 e. The maximum Gasteiger partial charge on any atom is 0.238 e. The van der Waals surface area contributed by atoms with Crippen LogP contribution in [0.3, 0.4) is 0 Å². The monoisotopic (exact) mass is 351 g/mol. The Bertz CT molecular complexity index is 562. The first-order valence-corrected chi connectivity index (χ1v) is 6.43. The van der Waals surface area contributed by atoms with Crippen LogP contribution in [0.5, 0.6) is 11.6 Å². The summed E-state index contributed by atoms with van der Waals surface area (Å²) in [6.07, 6.45) is 1.58. The first-order chi connectivity index (χ1) is 8.06. The third-order valence-electron chi connectivity index (χ3n) is 1.87. The average Bonchev–Trinajstić information content (AvgIpc) is 2.27.